The number of aryl methyl sites for hydroxylation is 1. The maximum Gasteiger partial charge on any atom is 0.319 e. The van der Waals surface area contributed by atoms with Crippen molar-refractivity contribution in [1.82, 2.24) is 34.9 Å². The van der Waals surface area contributed by atoms with Crippen LogP contribution in [-0.4, -0.2) is 84.6 Å². The number of hydrogen-bond acceptors (Lipinski definition) is 9. The summed E-state index contributed by atoms with van der Waals surface area (Å²) in [5.41, 5.74) is 2.00. The summed E-state index contributed by atoms with van der Waals surface area (Å²) >= 11 is 0. The first kappa shape index (κ1) is 29.4. The minimum atomic E-state index is -1.14. The predicted octanol–water partition coefficient (Wildman–Crippen LogP) is 4.97. The number of halogens is 3. The zero-order valence-corrected chi connectivity index (χ0v) is 27.0. The van der Waals surface area contributed by atoms with Gasteiger partial charge in [-0.2, -0.15) is 15.1 Å². The lowest BCUT2D eigenvalue weighted by atomic mass is 9.88. The summed E-state index contributed by atoms with van der Waals surface area (Å²) in [5, 5.41) is 19.3. The van der Waals surface area contributed by atoms with E-state index in [2.05, 4.69) is 31.3 Å². The van der Waals surface area contributed by atoms with E-state index in [1.807, 2.05) is 11.7 Å². The lowest BCUT2D eigenvalue weighted by Crippen LogP contribution is -2.51. The molecule has 5 atom stereocenters. The minimum Gasteiger partial charge on any atom is -0.508 e. The van der Waals surface area contributed by atoms with Crippen LogP contribution < -0.4 is 15.0 Å². The smallest absolute Gasteiger partial charge is 0.319 e. The molecule has 0 radical (unpaired) electrons. The van der Waals surface area contributed by atoms with Gasteiger partial charge in [-0.05, 0) is 67.8 Å². The molecule has 7 heterocycles. The fraction of sp³-hybridized carbons (Fsp3) is 0.444. The van der Waals surface area contributed by atoms with Crippen LogP contribution in [0.3, 0.4) is 0 Å². The molecular formula is C36H35F3N8O2. The van der Waals surface area contributed by atoms with Crippen LogP contribution in [0.4, 0.5) is 19.0 Å². The van der Waals surface area contributed by atoms with Crippen LogP contribution >= 0.6 is 0 Å². The van der Waals surface area contributed by atoms with E-state index < -0.39 is 17.5 Å². The molecule has 2 aromatic carbocycles. The van der Waals surface area contributed by atoms with Crippen molar-refractivity contribution in [2.75, 3.05) is 31.1 Å². The van der Waals surface area contributed by atoms with E-state index in [-0.39, 0.29) is 44.8 Å². The van der Waals surface area contributed by atoms with E-state index in [0.29, 0.717) is 54.9 Å². The number of fused-ring (bicyclic) bond motifs is 9. The number of nitrogens with one attached hydrogen (secondary N) is 1. The molecule has 13 heteroatoms. The van der Waals surface area contributed by atoms with Crippen molar-refractivity contribution in [3.63, 3.8) is 0 Å². The Morgan fingerprint density at radius 3 is 2.76 bits per heavy atom. The Bertz CT molecular complexity index is 2180. The molecule has 5 unspecified atom stereocenters. The van der Waals surface area contributed by atoms with Gasteiger partial charge in [-0.15, -0.1) is 0 Å². The molecule has 2 N–H and O–H groups in total. The van der Waals surface area contributed by atoms with E-state index in [4.69, 9.17) is 14.8 Å². The predicted molar refractivity (Wildman–Crippen MR) is 176 cm³/mol. The van der Waals surface area contributed by atoms with Crippen LogP contribution in [0.5, 0.6) is 11.8 Å². The third kappa shape index (κ3) is 4.40. The molecule has 10 nitrogen and oxygen atoms in total. The molecule has 4 saturated heterocycles. The highest BCUT2D eigenvalue weighted by Crippen LogP contribution is 2.54. The average Bonchev–Trinajstić information content (AvgIpc) is 3.88. The average molecular weight is 669 g/mol. The van der Waals surface area contributed by atoms with Gasteiger partial charge in [0.2, 0.25) is 0 Å². The van der Waals surface area contributed by atoms with Crippen LogP contribution in [0, 0.1) is 17.5 Å². The van der Waals surface area contributed by atoms with Crippen molar-refractivity contribution in [2.45, 2.75) is 68.1 Å². The number of anilines is 1. The minimum absolute atomic E-state index is 0.0201. The summed E-state index contributed by atoms with van der Waals surface area (Å²) in [6.07, 6.45) is 9.70. The maximum atomic E-state index is 16.8. The third-order valence-electron chi connectivity index (χ3n) is 11.7. The fourth-order valence-electron chi connectivity index (χ4n) is 9.71. The Balaban J connectivity index is 1.07. The monoisotopic (exact) mass is 668 g/mol. The van der Waals surface area contributed by atoms with Crippen molar-refractivity contribution in [3.8, 4) is 23.0 Å². The first-order chi connectivity index (χ1) is 23.7. The Morgan fingerprint density at radius 1 is 1.08 bits per heavy atom. The van der Waals surface area contributed by atoms with Crippen LogP contribution in [0.1, 0.15) is 49.3 Å². The van der Waals surface area contributed by atoms with E-state index in [1.165, 1.54) is 35.7 Å². The fourth-order valence-corrected chi connectivity index (χ4v) is 9.71. The summed E-state index contributed by atoms with van der Waals surface area (Å²) in [6.45, 7) is 2.75. The number of piperazine rings is 1. The second-order valence-electron chi connectivity index (χ2n) is 14.6. The molecule has 1 aliphatic carbocycles. The first-order valence-corrected chi connectivity index (χ1v) is 17.1. The summed E-state index contributed by atoms with van der Waals surface area (Å²) in [5.74, 6) is -2.33. The van der Waals surface area contributed by atoms with E-state index in [9.17, 15) is 9.50 Å². The zero-order valence-electron chi connectivity index (χ0n) is 27.0. The SMILES string of the molecule is Cn1cc2c(n1)CC1C2CC2(COc3nc(N4CC5CCC(C4)N5)c4cnc(-c5cc(O)cc6ccc(F)c(F)c56)c(F)c4n3)CCCN12. The Hall–Kier alpha value is -4.49. The lowest BCUT2D eigenvalue weighted by molar-refractivity contribution is 0.0847. The molecule has 5 aliphatic rings. The molecule has 0 amide bonds. The number of pyridine rings is 1. The Morgan fingerprint density at radius 2 is 1.92 bits per heavy atom. The zero-order chi connectivity index (χ0) is 33.2. The number of nitrogens with zero attached hydrogens (tertiary/aromatic N) is 7. The van der Waals surface area contributed by atoms with Crippen molar-refractivity contribution >= 4 is 27.5 Å². The normalized spacial score (nSPS) is 27.3. The standard InChI is InChI=1S/C36H35F3N8O2/c1-45-16-25-23-12-36(7-2-8-47(36)28(23)11-27(25)44-45)17-49-35-42-33-24(34(43-35)46-14-19-4-5-20(15-46)41-19)13-40-32(31(33)39)22-10-21(48)9-18-3-6-26(37)30(38)29(18)22/h3,6,9-10,13,16,19-20,23,28,41,48H,2,4-5,7-8,11-12,14-15,17H2,1H3. The number of phenols is 1. The molecule has 252 valence electrons. The van der Waals surface area contributed by atoms with Gasteiger partial charge in [0.1, 0.15) is 29.4 Å². The van der Waals surface area contributed by atoms with E-state index in [1.54, 1.807) is 0 Å². The van der Waals surface area contributed by atoms with Crippen LogP contribution in [0.25, 0.3) is 32.9 Å². The van der Waals surface area contributed by atoms with E-state index in [0.717, 1.165) is 51.1 Å². The number of hydrogen-bond donors (Lipinski definition) is 2. The van der Waals surface area contributed by atoms with Gasteiger partial charge in [-0.3, -0.25) is 14.6 Å². The number of phenolic OH excluding ortho intramolecular Hbond substituents is 1. The largest absolute Gasteiger partial charge is 0.508 e. The van der Waals surface area contributed by atoms with Crippen molar-refractivity contribution in [1.29, 1.82) is 0 Å². The van der Waals surface area contributed by atoms with Gasteiger partial charge in [-0.25, -0.2) is 13.2 Å². The van der Waals surface area contributed by atoms with Crippen LogP contribution in [-0.2, 0) is 13.5 Å². The molecule has 5 aromatic rings. The second-order valence-corrected chi connectivity index (χ2v) is 14.6. The van der Waals surface area contributed by atoms with Gasteiger partial charge >= 0.3 is 6.01 Å². The number of rotatable bonds is 5. The lowest BCUT2D eigenvalue weighted by Gasteiger charge is -2.35. The van der Waals surface area contributed by atoms with Gasteiger partial charge in [0.15, 0.2) is 17.5 Å². The molecule has 10 rings (SSSR count). The molecule has 0 saturated carbocycles. The van der Waals surface area contributed by atoms with Crippen molar-refractivity contribution < 1.29 is 23.0 Å². The Labute approximate surface area is 279 Å². The van der Waals surface area contributed by atoms with Gasteiger partial charge < -0.3 is 20.1 Å². The molecule has 49 heavy (non-hydrogen) atoms. The Kier molecular flexibility index (Phi) is 6.31. The quantitative estimate of drug-likeness (QED) is 0.269. The second kappa shape index (κ2) is 10.5. The maximum absolute atomic E-state index is 16.8. The first-order valence-electron chi connectivity index (χ1n) is 17.1. The van der Waals surface area contributed by atoms with Gasteiger partial charge in [0.25, 0.3) is 0 Å². The summed E-state index contributed by atoms with van der Waals surface area (Å²) in [7, 11) is 1.97. The van der Waals surface area contributed by atoms with Crippen LogP contribution in [0.15, 0.2) is 36.7 Å². The number of benzene rings is 2. The summed E-state index contributed by atoms with van der Waals surface area (Å²) in [6, 6.07) is 5.89. The number of ether oxygens (including phenoxy) is 1. The summed E-state index contributed by atoms with van der Waals surface area (Å²) in [4.78, 5) is 18.7. The molecule has 4 fully saturated rings. The van der Waals surface area contributed by atoms with Gasteiger partial charge in [0.05, 0.1) is 16.6 Å². The van der Waals surface area contributed by atoms with Crippen LogP contribution in [0.2, 0.25) is 0 Å². The van der Waals surface area contributed by atoms with Gasteiger partial charge in [0, 0.05) is 73.9 Å². The van der Waals surface area contributed by atoms with E-state index >= 15 is 8.78 Å². The molecule has 3 aromatic heterocycles. The molecule has 0 spiro atoms. The van der Waals surface area contributed by atoms with Gasteiger partial charge in [-0.1, -0.05) is 6.07 Å². The van der Waals surface area contributed by atoms with Crippen molar-refractivity contribution in [2.24, 2.45) is 7.05 Å². The highest BCUT2D eigenvalue weighted by atomic mass is 19.2. The topological polar surface area (TPSA) is 104 Å². The third-order valence-corrected chi connectivity index (χ3v) is 11.7. The number of aromatic nitrogens is 5. The van der Waals surface area contributed by atoms with Crippen molar-refractivity contribution in [3.05, 3.63) is 65.4 Å². The molecule has 2 bridgehead atoms. The highest BCUT2D eigenvalue weighted by Gasteiger charge is 2.57. The number of aromatic hydroxyl groups is 1. The molecular weight excluding hydrogens is 633 g/mol. The summed E-state index contributed by atoms with van der Waals surface area (Å²) < 4.78 is 54.9. The molecule has 4 aliphatic heterocycles. The highest BCUT2D eigenvalue weighted by molar-refractivity contribution is 6.00.